The number of hydrogen-bond acceptors (Lipinski definition) is 4. The Morgan fingerprint density at radius 1 is 0.917 bits per heavy atom. The number of nitrogens with one attached hydrogen (secondary N) is 1. The molecule has 1 aliphatic heterocycles. The molecule has 1 saturated heterocycles. The average molecular weight is 529 g/mol. The molecule has 0 amide bonds. The second kappa shape index (κ2) is 10.9. The van der Waals surface area contributed by atoms with Crippen LogP contribution < -0.4 is 5.32 Å². The summed E-state index contributed by atoms with van der Waals surface area (Å²) in [5.74, 6) is 0.315. The molecular formula is C26H26F6N2OS. The SMILES string of the molecule is Cc1ncc(Cc2ccc(C3CCNCC3)c(COCc3cc(C(F)(F)F)cc(C(F)(F)F)c3)c2)s1. The Labute approximate surface area is 209 Å². The van der Waals surface area contributed by atoms with Gasteiger partial charge in [0.2, 0.25) is 0 Å². The van der Waals surface area contributed by atoms with Crippen molar-refractivity contribution in [3.8, 4) is 0 Å². The first-order valence-corrected chi connectivity index (χ1v) is 12.4. The third kappa shape index (κ3) is 6.86. The van der Waals surface area contributed by atoms with Crippen molar-refractivity contribution < 1.29 is 31.1 Å². The normalized spacial score (nSPS) is 15.4. The van der Waals surface area contributed by atoms with Gasteiger partial charge in [0.15, 0.2) is 0 Å². The van der Waals surface area contributed by atoms with Crippen LogP contribution >= 0.6 is 11.3 Å². The molecule has 1 fully saturated rings. The van der Waals surface area contributed by atoms with Gasteiger partial charge in [0.1, 0.15) is 0 Å². The Kier molecular flexibility index (Phi) is 8.06. The Morgan fingerprint density at radius 3 is 2.17 bits per heavy atom. The Balaban J connectivity index is 1.55. The first-order chi connectivity index (χ1) is 17.0. The minimum atomic E-state index is -4.89. The predicted molar refractivity (Wildman–Crippen MR) is 126 cm³/mol. The zero-order valence-corrected chi connectivity index (χ0v) is 20.4. The van der Waals surface area contributed by atoms with Gasteiger partial charge in [0.05, 0.1) is 29.3 Å². The second-order valence-electron chi connectivity index (χ2n) is 8.99. The minimum Gasteiger partial charge on any atom is -0.372 e. The quantitative estimate of drug-likeness (QED) is 0.328. The monoisotopic (exact) mass is 528 g/mol. The number of benzene rings is 2. The lowest BCUT2D eigenvalue weighted by Crippen LogP contribution is -2.27. The molecule has 0 aliphatic carbocycles. The molecule has 10 heteroatoms. The van der Waals surface area contributed by atoms with Crippen LogP contribution in [0.1, 0.15) is 62.0 Å². The smallest absolute Gasteiger partial charge is 0.372 e. The van der Waals surface area contributed by atoms with E-state index >= 15 is 0 Å². The molecule has 0 unspecified atom stereocenters. The van der Waals surface area contributed by atoms with E-state index in [2.05, 4.69) is 22.4 Å². The van der Waals surface area contributed by atoms with Gasteiger partial charge >= 0.3 is 12.4 Å². The summed E-state index contributed by atoms with van der Waals surface area (Å²) < 4.78 is 84.9. The van der Waals surface area contributed by atoms with Crippen molar-refractivity contribution >= 4 is 11.3 Å². The molecule has 36 heavy (non-hydrogen) atoms. The number of rotatable bonds is 7. The van der Waals surface area contributed by atoms with Crippen molar-refractivity contribution in [1.82, 2.24) is 10.3 Å². The van der Waals surface area contributed by atoms with E-state index in [0.29, 0.717) is 24.5 Å². The number of thiazole rings is 1. The maximum Gasteiger partial charge on any atom is 0.416 e. The third-order valence-electron chi connectivity index (χ3n) is 6.21. The number of aryl methyl sites for hydroxylation is 1. The molecule has 194 valence electrons. The highest BCUT2D eigenvalue weighted by molar-refractivity contribution is 7.11. The molecule has 2 heterocycles. The van der Waals surface area contributed by atoms with E-state index in [9.17, 15) is 26.3 Å². The Hall–Kier alpha value is -2.43. The van der Waals surface area contributed by atoms with E-state index in [1.165, 1.54) is 0 Å². The number of halogens is 6. The van der Waals surface area contributed by atoms with Crippen molar-refractivity contribution in [2.24, 2.45) is 0 Å². The van der Waals surface area contributed by atoms with Gasteiger partial charge in [-0.15, -0.1) is 11.3 Å². The topological polar surface area (TPSA) is 34.2 Å². The maximum absolute atomic E-state index is 13.2. The Bertz CT molecular complexity index is 1150. The molecule has 0 spiro atoms. The zero-order valence-electron chi connectivity index (χ0n) is 19.6. The highest BCUT2D eigenvalue weighted by Gasteiger charge is 2.36. The van der Waals surface area contributed by atoms with Gasteiger partial charge in [-0.3, -0.25) is 0 Å². The fourth-order valence-corrected chi connectivity index (χ4v) is 5.32. The van der Waals surface area contributed by atoms with Crippen LogP contribution in [-0.4, -0.2) is 18.1 Å². The van der Waals surface area contributed by atoms with Gasteiger partial charge in [-0.1, -0.05) is 18.2 Å². The van der Waals surface area contributed by atoms with Crippen LogP contribution in [0.15, 0.2) is 42.6 Å². The van der Waals surface area contributed by atoms with Gasteiger partial charge in [0.25, 0.3) is 0 Å². The number of nitrogens with zero attached hydrogens (tertiary/aromatic N) is 1. The van der Waals surface area contributed by atoms with Gasteiger partial charge in [-0.25, -0.2) is 4.98 Å². The highest BCUT2D eigenvalue weighted by Crippen LogP contribution is 2.37. The zero-order chi connectivity index (χ0) is 25.9. The molecule has 0 radical (unpaired) electrons. The van der Waals surface area contributed by atoms with Crippen LogP contribution in [0, 0.1) is 6.92 Å². The summed E-state index contributed by atoms with van der Waals surface area (Å²) in [4.78, 5) is 5.39. The fraction of sp³-hybridized carbons (Fsp3) is 0.423. The summed E-state index contributed by atoms with van der Waals surface area (Å²) in [6.07, 6.45) is -5.36. The summed E-state index contributed by atoms with van der Waals surface area (Å²) in [5.41, 5.74) is 0.218. The van der Waals surface area contributed by atoms with Crippen molar-refractivity contribution in [2.75, 3.05) is 13.1 Å². The number of piperidine rings is 1. The first-order valence-electron chi connectivity index (χ1n) is 11.6. The number of alkyl halides is 6. The standard InChI is InChI=1S/C26H26F6N2OS/c1-16-34-13-23(36-16)11-17-2-3-24(19-4-6-33-7-5-19)20(8-17)15-35-14-18-9-21(25(27,28)29)12-22(10-18)26(30,31)32/h2-3,8-10,12-13,19,33H,4-7,11,14-15H2,1H3. The molecule has 1 aliphatic rings. The molecular weight excluding hydrogens is 502 g/mol. The minimum absolute atomic E-state index is 0.0897. The van der Waals surface area contributed by atoms with Crippen LogP contribution in [0.5, 0.6) is 0 Å². The van der Waals surface area contributed by atoms with E-state index in [-0.39, 0.29) is 24.8 Å². The molecule has 1 aromatic heterocycles. The molecule has 0 saturated carbocycles. The molecule has 3 nitrogen and oxygen atoms in total. The summed E-state index contributed by atoms with van der Waals surface area (Å²) in [5, 5.41) is 4.30. The Morgan fingerprint density at radius 2 is 1.58 bits per heavy atom. The first kappa shape index (κ1) is 26.6. The van der Waals surface area contributed by atoms with E-state index in [1.807, 2.05) is 19.2 Å². The van der Waals surface area contributed by atoms with E-state index in [0.717, 1.165) is 52.5 Å². The second-order valence-corrected chi connectivity index (χ2v) is 10.3. The van der Waals surface area contributed by atoms with Crippen molar-refractivity contribution in [1.29, 1.82) is 0 Å². The summed E-state index contributed by atoms with van der Waals surface area (Å²) in [7, 11) is 0. The van der Waals surface area contributed by atoms with Crippen LogP contribution in [0.4, 0.5) is 26.3 Å². The summed E-state index contributed by atoms with van der Waals surface area (Å²) in [6, 6.07) is 7.72. The van der Waals surface area contributed by atoms with Gasteiger partial charge in [-0.2, -0.15) is 26.3 Å². The lowest BCUT2D eigenvalue weighted by Gasteiger charge is -2.25. The molecule has 3 aromatic rings. The molecule has 2 aromatic carbocycles. The van der Waals surface area contributed by atoms with Gasteiger partial charge < -0.3 is 10.1 Å². The molecule has 0 bridgehead atoms. The number of aromatic nitrogens is 1. The van der Waals surface area contributed by atoms with E-state index in [4.69, 9.17) is 4.74 Å². The lowest BCUT2D eigenvalue weighted by atomic mass is 9.86. The number of ether oxygens (including phenoxy) is 1. The average Bonchev–Trinajstić information content (AvgIpc) is 3.23. The summed E-state index contributed by atoms with van der Waals surface area (Å²) in [6.45, 7) is 3.43. The van der Waals surface area contributed by atoms with E-state index < -0.39 is 23.5 Å². The van der Waals surface area contributed by atoms with Crippen LogP contribution in [0.2, 0.25) is 0 Å². The van der Waals surface area contributed by atoms with Crippen molar-refractivity contribution in [3.05, 3.63) is 85.9 Å². The lowest BCUT2D eigenvalue weighted by molar-refractivity contribution is -0.143. The van der Waals surface area contributed by atoms with Crippen LogP contribution in [0.25, 0.3) is 0 Å². The van der Waals surface area contributed by atoms with Gasteiger partial charge in [-0.05, 0) is 79.2 Å². The molecule has 0 atom stereocenters. The van der Waals surface area contributed by atoms with Crippen LogP contribution in [-0.2, 0) is 36.7 Å². The fourth-order valence-electron chi connectivity index (χ4n) is 4.49. The predicted octanol–water partition coefficient (Wildman–Crippen LogP) is 7.26. The molecule has 4 rings (SSSR count). The maximum atomic E-state index is 13.2. The van der Waals surface area contributed by atoms with E-state index in [1.54, 1.807) is 11.3 Å². The van der Waals surface area contributed by atoms with Crippen LogP contribution in [0.3, 0.4) is 0 Å². The van der Waals surface area contributed by atoms with Crippen molar-refractivity contribution in [2.45, 2.75) is 57.7 Å². The largest absolute Gasteiger partial charge is 0.416 e. The summed E-state index contributed by atoms with van der Waals surface area (Å²) >= 11 is 1.61. The van der Waals surface area contributed by atoms with Gasteiger partial charge in [0, 0.05) is 17.5 Å². The molecule has 1 N–H and O–H groups in total. The van der Waals surface area contributed by atoms with Crippen molar-refractivity contribution in [3.63, 3.8) is 0 Å². The number of hydrogen-bond donors (Lipinski definition) is 1. The third-order valence-corrected chi connectivity index (χ3v) is 7.12. The highest BCUT2D eigenvalue weighted by atomic mass is 32.1.